The molecule has 0 spiro atoms. The quantitative estimate of drug-likeness (QED) is 0.166. The molecule has 5 aromatic heterocycles. The fourth-order valence-electron chi connectivity index (χ4n) is 8.97. The van der Waals surface area contributed by atoms with Crippen molar-refractivity contribution in [2.24, 2.45) is 0 Å². The van der Waals surface area contributed by atoms with Gasteiger partial charge in [-0.25, -0.2) is 24.9 Å². The first kappa shape index (κ1) is 35.4. The van der Waals surface area contributed by atoms with Gasteiger partial charge in [0.1, 0.15) is 11.2 Å². The number of aromatic nitrogens is 6. The highest BCUT2D eigenvalue weighted by molar-refractivity contribution is 7.26. The Balaban J connectivity index is 0.978. The predicted molar refractivity (Wildman–Crippen MR) is 257 cm³/mol. The third-order valence-corrected chi connectivity index (χ3v) is 13.0. The number of furan rings is 1. The Bertz CT molecular complexity index is 3910. The van der Waals surface area contributed by atoms with E-state index in [0.717, 1.165) is 93.2 Å². The van der Waals surface area contributed by atoms with Crippen LogP contribution in [0.3, 0.4) is 0 Å². The van der Waals surface area contributed by atoms with Crippen molar-refractivity contribution in [2.75, 3.05) is 0 Å². The molecule has 8 aromatic carbocycles. The summed E-state index contributed by atoms with van der Waals surface area (Å²) in [5.74, 6) is 2.38. The monoisotopic (exact) mass is 824 g/mol. The molecule has 7 nitrogen and oxygen atoms in total. The fourth-order valence-corrected chi connectivity index (χ4v) is 10.1. The summed E-state index contributed by atoms with van der Waals surface area (Å²) < 4.78 is 11.2. The van der Waals surface area contributed by atoms with Crippen LogP contribution in [0.1, 0.15) is 0 Å². The summed E-state index contributed by atoms with van der Waals surface area (Å²) in [7, 11) is 0. The minimum Gasteiger partial charge on any atom is -0.456 e. The Hall–Kier alpha value is -8.33. The molecule has 63 heavy (non-hydrogen) atoms. The van der Waals surface area contributed by atoms with Gasteiger partial charge < -0.3 is 8.98 Å². The van der Waals surface area contributed by atoms with Crippen LogP contribution in [0.25, 0.3) is 127 Å². The molecular weight excluding hydrogens is 793 g/mol. The topological polar surface area (TPSA) is 82.5 Å². The third-order valence-electron chi connectivity index (χ3n) is 11.9. The van der Waals surface area contributed by atoms with Gasteiger partial charge in [0.15, 0.2) is 23.3 Å². The molecule has 0 aliphatic rings. The number of para-hydroxylation sites is 2. The van der Waals surface area contributed by atoms with E-state index in [-0.39, 0.29) is 0 Å². The molecule has 0 fully saturated rings. The number of thiophene rings is 1. The standard InChI is InChI=1S/C55H32N6OS/c1-4-15-33(16-5-1)49-51-50(41-22-11-13-26-47(41)63-51)57-55(56-49)42-23-14-25-45-48(42)40-30-28-36(32-46(40)62-45)54-59-52(34-17-6-2-7-18-34)58-53(60-54)35-27-29-39-38-21-10-12-24-43(38)61(44(39)31-35)37-19-8-3-9-20-37/h1-32H. The highest BCUT2D eigenvalue weighted by atomic mass is 32.1. The van der Waals surface area contributed by atoms with Crippen molar-refractivity contribution in [1.29, 1.82) is 0 Å². The first-order chi connectivity index (χ1) is 31.2. The van der Waals surface area contributed by atoms with Gasteiger partial charge in [0.05, 0.1) is 26.9 Å². The summed E-state index contributed by atoms with van der Waals surface area (Å²) in [5.41, 5.74) is 11.2. The first-order valence-corrected chi connectivity index (χ1v) is 21.6. The smallest absolute Gasteiger partial charge is 0.164 e. The van der Waals surface area contributed by atoms with Crippen LogP contribution in [0.5, 0.6) is 0 Å². The zero-order valence-electron chi connectivity index (χ0n) is 33.5. The van der Waals surface area contributed by atoms with Gasteiger partial charge in [-0.05, 0) is 48.5 Å². The molecule has 0 radical (unpaired) electrons. The fraction of sp³-hybridized carbons (Fsp3) is 0. The van der Waals surface area contributed by atoms with Crippen molar-refractivity contribution in [2.45, 2.75) is 0 Å². The highest BCUT2D eigenvalue weighted by Crippen LogP contribution is 2.42. The van der Waals surface area contributed by atoms with E-state index in [1.807, 2.05) is 60.7 Å². The highest BCUT2D eigenvalue weighted by Gasteiger charge is 2.22. The van der Waals surface area contributed by atoms with E-state index >= 15 is 0 Å². The molecule has 0 bridgehead atoms. The molecule has 13 aromatic rings. The summed E-state index contributed by atoms with van der Waals surface area (Å²) >= 11 is 1.73. The molecule has 0 saturated heterocycles. The summed E-state index contributed by atoms with van der Waals surface area (Å²) in [6.07, 6.45) is 0. The van der Waals surface area contributed by atoms with Gasteiger partial charge in [0.2, 0.25) is 0 Å². The lowest BCUT2D eigenvalue weighted by Crippen LogP contribution is -2.00. The van der Waals surface area contributed by atoms with E-state index in [0.29, 0.717) is 23.3 Å². The maximum Gasteiger partial charge on any atom is 0.164 e. The van der Waals surface area contributed by atoms with E-state index < -0.39 is 0 Å². The number of nitrogens with zero attached hydrogens (tertiary/aromatic N) is 6. The van der Waals surface area contributed by atoms with Crippen molar-refractivity contribution in [3.63, 3.8) is 0 Å². The number of fused-ring (bicyclic) bond motifs is 9. The third kappa shape index (κ3) is 5.76. The second-order valence-electron chi connectivity index (χ2n) is 15.6. The lowest BCUT2D eigenvalue weighted by Gasteiger charge is -2.10. The number of benzene rings is 8. The van der Waals surface area contributed by atoms with Crippen LogP contribution < -0.4 is 0 Å². The summed E-state index contributed by atoms with van der Waals surface area (Å²) in [6, 6.07) is 66.7. The number of hydrogen-bond acceptors (Lipinski definition) is 7. The van der Waals surface area contributed by atoms with Crippen LogP contribution in [0.4, 0.5) is 0 Å². The average molecular weight is 825 g/mol. The predicted octanol–water partition coefficient (Wildman–Crippen LogP) is 14.4. The van der Waals surface area contributed by atoms with Crippen LogP contribution in [0.2, 0.25) is 0 Å². The zero-order chi connectivity index (χ0) is 41.4. The lowest BCUT2D eigenvalue weighted by atomic mass is 10.0. The Morgan fingerprint density at radius 2 is 1.02 bits per heavy atom. The Labute approximate surface area is 364 Å². The van der Waals surface area contributed by atoms with Crippen LogP contribution in [-0.2, 0) is 0 Å². The van der Waals surface area contributed by atoms with E-state index in [9.17, 15) is 0 Å². The van der Waals surface area contributed by atoms with Gasteiger partial charge in [0, 0.05) is 65.1 Å². The van der Waals surface area contributed by atoms with Gasteiger partial charge in [-0.2, -0.15) is 0 Å². The molecule has 0 amide bonds. The molecule has 8 heteroatoms. The van der Waals surface area contributed by atoms with Gasteiger partial charge in [-0.1, -0.05) is 146 Å². The van der Waals surface area contributed by atoms with E-state index in [1.54, 1.807) is 11.3 Å². The molecule has 0 aliphatic heterocycles. The number of hydrogen-bond donors (Lipinski definition) is 0. The van der Waals surface area contributed by atoms with Gasteiger partial charge >= 0.3 is 0 Å². The number of rotatable bonds is 6. The molecule has 0 unspecified atom stereocenters. The molecule has 0 aliphatic carbocycles. The van der Waals surface area contributed by atoms with Crippen molar-refractivity contribution >= 4 is 75.4 Å². The maximum absolute atomic E-state index is 6.67. The van der Waals surface area contributed by atoms with E-state index in [2.05, 4.69) is 138 Å². The molecule has 13 rings (SSSR count). The normalized spacial score (nSPS) is 11.8. The SMILES string of the molecule is c1ccc(-c2nc(-c3ccc4c(c3)oc3cccc(-c5nc(-c6ccccc6)c6sc7ccccc7c6n5)c34)nc(-c3ccc4c5ccccc5n(-c5ccccc5)c4c3)n2)cc1. The summed E-state index contributed by atoms with van der Waals surface area (Å²) in [5, 5.41) is 5.39. The summed E-state index contributed by atoms with van der Waals surface area (Å²) in [6.45, 7) is 0. The van der Waals surface area contributed by atoms with Crippen LogP contribution in [-0.4, -0.2) is 29.5 Å². The Morgan fingerprint density at radius 1 is 0.397 bits per heavy atom. The molecule has 5 heterocycles. The minimum absolute atomic E-state index is 0.552. The van der Waals surface area contributed by atoms with E-state index in [4.69, 9.17) is 29.3 Å². The van der Waals surface area contributed by atoms with Crippen LogP contribution in [0, 0.1) is 0 Å². The molecule has 0 saturated carbocycles. The molecular formula is C55H32N6OS. The van der Waals surface area contributed by atoms with Crippen molar-refractivity contribution in [3.8, 4) is 62.5 Å². The molecule has 0 atom stereocenters. The maximum atomic E-state index is 6.67. The second kappa shape index (κ2) is 14.1. The first-order valence-electron chi connectivity index (χ1n) is 20.8. The largest absolute Gasteiger partial charge is 0.456 e. The second-order valence-corrected chi connectivity index (χ2v) is 16.7. The van der Waals surface area contributed by atoms with Gasteiger partial charge in [0.25, 0.3) is 0 Å². The average Bonchev–Trinajstić information content (AvgIpc) is 4.03. The van der Waals surface area contributed by atoms with Crippen molar-refractivity contribution < 1.29 is 4.42 Å². The molecule has 0 N–H and O–H groups in total. The van der Waals surface area contributed by atoms with Crippen LogP contribution >= 0.6 is 11.3 Å². The van der Waals surface area contributed by atoms with Crippen LogP contribution in [0.15, 0.2) is 199 Å². The zero-order valence-corrected chi connectivity index (χ0v) is 34.3. The molecule has 294 valence electrons. The minimum atomic E-state index is 0.552. The van der Waals surface area contributed by atoms with Gasteiger partial charge in [-0.3, -0.25) is 0 Å². The van der Waals surface area contributed by atoms with Gasteiger partial charge in [-0.15, -0.1) is 11.3 Å². The Kier molecular flexibility index (Phi) is 7.94. The van der Waals surface area contributed by atoms with Crippen molar-refractivity contribution in [1.82, 2.24) is 29.5 Å². The van der Waals surface area contributed by atoms with E-state index in [1.165, 1.54) is 10.1 Å². The lowest BCUT2D eigenvalue weighted by molar-refractivity contribution is 0.669. The Morgan fingerprint density at radius 3 is 1.79 bits per heavy atom. The summed E-state index contributed by atoms with van der Waals surface area (Å²) in [4.78, 5) is 26.0. The van der Waals surface area contributed by atoms with Crippen molar-refractivity contribution in [3.05, 3.63) is 194 Å².